The van der Waals surface area contributed by atoms with E-state index in [2.05, 4.69) is 0 Å². The Morgan fingerprint density at radius 3 is 2.56 bits per heavy atom. The van der Waals surface area contributed by atoms with Crippen LogP contribution in [0.4, 0.5) is 0 Å². The summed E-state index contributed by atoms with van der Waals surface area (Å²) in [6.45, 7) is 1.47. The van der Waals surface area contributed by atoms with Crippen molar-refractivity contribution in [2.24, 2.45) is 35.1 Å². The van der Waals surface area contributed by atoms with Crippen LogP contribution < -0.4 is 11.5 Å². The average Bonchev–Trinajstić information content (AvgIpc) is 2.79. The number of ketones is 1. The molecule has 142 valence electrons. The minimum Gasteiger partial charge on any atom is -0.480 e. The highest BCUT2D eigenvalue weighted by molar-refractivity contribution is 6.48. The summed E-state index contributed by atoms with van der Waals surface area (Å²) in [6.07, 6.45) is 7.09. The maximum absolute atomic E-state index is 12.0. The third-order valence-corrected chi connectivity index (χ3v) is 6.55. The van der Waals surface area contributed by atoms with Gasteiger partial charge in [0.25, 0.3) is 6.92 Å². The zero-order valence-corrected chi connectivity index (χ0v) is 15.3. The summed E-state index contributed by atoms with van der Waals surface area (Å²) in [5.74, 6) is -0.271. The van der Waals surface area contributed by atoms with E-state index in [4.69, 9.17) is 11.5 Å². The molecular formula is C18H33BN2O4. The molecule has 0 aromatic carbocycles. The van der Waals surface area contributed by atoms with Crippen molar-refractivity contribution in [1.29, 1.82) is 0 Å². The van der Waals surface area contributed by atoms with Gasteiger partial charge in [0.15, 0.2) is 0 Å². The quantitative estimate of drug-likeness (QED) is 0.515. The second kappa shape index (κ2) is 8.65. The molecule has 2 saturated carbocycles. The summed E-state index contributed by atoms with van der Waals surface area (Å²) in [7, 11) is 0. The molecule has 0 spiro atoms. The molecule has 5 atom stereocenters. The predicted molar refractivity (Wildman–Crippen MR) is 98.2 cm³/mol. The van der Waals surface area contributed by atoms with Crippen molar-refractivity contribution < 1.29 is 19.7 Å². The van der Waals surface area contributed by atoms with Crippen LogP contribution in [0.5, 0.6) is 0 Å². The summed E-state index contributed by atoms with van der Waals surface area (Å²) >= 11 is 0. The van der Waals surface area contributed by atoms with Crippen LogP contribution in [0.15, 0.2) is 0 Å². The number of nitrogens with two attached hydrogens (primary N) is 2. The van der Waals surface area contributed by atoms with Gasteiger partial charge in [-0.05, 0) is 56.2 Å². The average molecular weight is 352 g/mol. The van der Waals surface area contributed by atoms with Crippen molar-refractivity contribution in [3.8, 4) is 0 Å². The zero-order chi connectivity index (χ0) is 18.6. The Morgan fingerprint density at radius 2 is 1.96 bits per heavy atom. The summed E-state index contributed by atoms with van der Waals surface area (Å²) in [5, 5.41) is 19.3. The van der Waals surface area contributed by atoms with Gasteiger partial charge in [0.1, 0.15) is 11.3 Å². The van der Waals surface area contributed by atoms with E-state index in [1.165, 1.54) is 0 Å². The van der Waals surface area contributed by atoms with Crippen molar-refractivity contribution in [3.05, 3.63) is 0 Å². The second-order valence-electron chi connectivity index (χ2n) is 8.24. The van der Waals surface area contributed by atoms with Gasteiger partial charge >= 0.3 is 5.97 Å². The minimum absolute atomic E-state index is 0.0154. The molecule has 0 heterocycles. The van der Waals surface area contributed by atoms with Crippen LogP contribution in [-0.2, 0) is 9.59 Å². The molecule has 2 fully saturated rings. The van der Waals surface area contributed by atoms with E-state index < -0.39 is 11.5 Å². The first-order valence-electron chi connectivity index (χ1n) is 9.72. The van der Waals surface area contributed by atoms with Crippen LogP contribution in [0, 0.1) is 23.7 Å². The Bertz CT molecular complexity index is 488. The largest absolute Gasteiger partial charge is 0.480 e. The molecule has 0 radical (unpaired) electrons. The lowest BCUT2D eigenvalue weighted by Gasteiger charge is -2.32. The lowest BCUT2D eigenvalue weighted by atomic mass is 9.65. The number of carbonyl (C=O) groups is 2. The molecule has 6 N–H and O–H groups in total. The molecule has 0 bridgehead atoms. The molecule has 0 amide bonds. The van der Waals surface area contributed by atoms with Gasteiger partial charge < -0.3 is 21.6 Å². The number of hydrogen-bond donors (Lipinski definition) is 4. The monoisotopic (exact) mass is 352 g/mol. The number of rotatable bonds is 7. The smallest absolute Gasteiger partial charge is 0.323 e. The molecule has 2 aliphatic rings. The number of carboxylic acid groups (broad SMARTS) is 1. The fraction of sp³-hybridized carbons (Fsp3) is 0.889. The standard InChI is InChI=1S/C18H33BN2O4/c1-19(25)9-3-6-15-14-8-7-12(16(22)11-20)4-2-5-13(14)10-18(15,21)17(23)24/h12-15,25H,2-11,20-21H2,1H3,(H,23,24). The van der Waals surface area contributed by atoms with Gasteiger partial charge in [-0.1, -0.05) is 26.1 Å². The molecule has 6 nitrogen and oxygen atoms in total. The lowest BCUT2D eigenvalue weighted by molar-refractivity contribution is -0.145. The van der Waals surface area contributed by atoms with E-state index in [9.17, 15) is 19.7 Å². The van der Waals surface area contributed by atoms with Crippen molar-refractivity contribution in [2.75, 3.05) is 6.54 Å². The Labute approximate surface area is 150 Å². The second-order valence-corrected chi connectivity index (χ2v) is 8.24. The first kappa shape index (κ1) is 20.4. The van der Waals surface area contributed by atoms with Gasteiger partial charge in [0.05, 0.1) is 6.54 Å². The van der Waals surface area contributed by atoms with E-state index in [1.54, 1.807) is 6.82 Å². The maximum atomic E-state index is 12.0. The van der Waals surface area contributed by atoms with Crippen LogP contribution in [0.1, 0.15) is 51.4 Å². The van der Waals surface area contributed by atoms with Crippen LogP contribution >= 0.6 is 0 Å². The van der Waals surface area contributed by atoms with Crippen LogP contribution in [0.2, 0.25) is 13.1 Å². The van der Waals surface area contributed by atoms with Gasteiger partial charge in [-0.25, -0.2) is 0 Å². The van der Waals surface area contributed by atoms with E-state index in [0.717, 1.165) is 44.9 Å². The van der Waals surface area contributed by atoms with Gasteiger partial charge in [0.2, 0.25) is 0 Å². The molecular weight excluding hydrogens is 319 g/mol. The summed E-state index contributed by atoms with van der Waals surface area (Å²) < 4.78 is 0. The molecule has 0 saturated heterocycles. The Balaban J connectivity index is 2.14. The first-order chi connectivity index (χ1) is 11.8. The molecule has 0 aromatic heterocycles. The van der Waals surface area contributed by atoms with Crippen molar-refractivity contribution in [2.45, 2.75) is 70.0 Å². The van der Waals surface area contributed by atoms with Crippen LogP contribution in [0.3, 0.4) is 0 Å². The van der Waals surface area contributed by atoms with E-state index in [0.29, 0.717) is 18.7 Å². The van der Waals surface area contributed by atoms with Gasteiger partial charge in [0, 0.05) is 5.92 Å². The Kier molecular flexibility index (Phi) is 7.06. The first-order valence-corrected chi connectivity index (χ1v) is 9.72. The Hall–Kier alpha value is -0.915. The van der Waals surface area contributed by atoms with Crippen LogP contribution in [0.25, 0.3) is 0 Å². The predicted octanol–water partition coefficient (Wildman–Crippen LogP) is 1.52. The molecule has 5 unspecified atom stereocenters. The number of hydrogen-bond acceptors (Lipinski definition) is 5. The number of carbonyl (C=O) groups excluding carboxylic acids is 1. The number of aliphatic carboxylic acids is 1. The fourth-order valence-corrected chi connectivity index (χ4v) is 5.20. The van der Waals surface area contributed by atoms with E-state index in [-0.39, 0.29) is 37.0 Å². The van der Waals surface area contributed by atoms with Gasteiger partial charge in [-0.15, -0.1) is 0 Å². The third kappa shape index (κ3) is 4.63. The zero-order valence-electron chi connectivity index (χ0n) is 15.3. The molecule has 0 aromatic rings. The molecule has 2 aliphatic carbocycles. The number of Topliss-reactive ketones (excluding diaryl/α,β-unsaturated/α-hetero) is 1. The highest BCUT2D eigenvalue weighted by Gasteiger charge is 2.55. The number of carboxylic acids is 1. The van der Waals surface area contributed by atoms with Gasteiger partial charge in [-0.3, -0.25) is 9.59 Å². The summed E-state index contributed by atoms with van der Waals surface area (Å²) in [6, 6.07) is 0. The SMILES string of the molecule is CB(O)CCCC1C2CCC(C(=O)CN)CCCC2CC1(N)C(=O)O. The third-order valence-electron chi connectivity index (χ3n) is 6.55. The molecule has 0 aliphatic heterocycles. The van der Waals surface area contributed by atoms with Gasteiger partial charge in [-0.2, -0.15) is 0 Å². The summed E-state index contributed by atoms with van der Waals surface area (Å²) in [4.78, 5) is 23.9. The normalized spacial score (nSPS) is 35.5. The molecule has 2 rings (SSSR count). The van der Waals surface area contributed by atoms with E-state index >= 15 is 0 Å². The molecule has 25 heavy (non-hydrogen) atoms. The maximum Gasteiger partial charge on any atom is 0.323 e. The highest BCUT2D eigenvalue weighted by Crippen LogP contribution is 2.51. The summed E-state index contributed by atoms with van der Waals surface area (Å²) in [5.41, 5.74) is 10.8. The minimum atomic E-state index is -1.17. The van der Waals surface area contributed by atoms with Crippen LogP contribution in [-0.4, -0.2) is 40.9 Å². The number of fused-ring (bicyclic) bond motifs is 1. The topological polar surface area (TPSA) is 127 Å². The molecule has 7 heteroatoms. The highest BCUT2D eigenvalue weighted by atomic mass is 16.4. The van der Waals surface area contributed by atoms with Crippen molar-refractivity contribution in [1.82, 2.24) is 0 Å². The van der Waals surface area contributed by atoms with Crippen molar-refractivity contribution >= 4 is 18.7 Å². The van der Waals surface area contributed by atoms with E-state index in [1.807, 2.05) is 0 Å². The Morgan fingerprint density at radius 1 is 1.24 bits per heavy atom. The fourth-order valence-electron chi connectivity index (χ4n) is 5.20. The lowest BCUT2D eigenvalue weighted by Crippen LogP contribution is -2.52. The van der Waals surface area contributed by atoms with Crippen molar-refractivity contribution in [3.63, 3.8) is 0 Å².